The van der Waals surface area contributed by atoms with Gasteiger partial charge in [0.05, 0.1) is 0 Å². The minimum Gasteiger partial charge on any atom is -0.456 e. The highest BCUT2D eigenvalue weighted by atomic mass is 16.3. The average Bonchev–Trinajstić information content (AvgIpc) is 3.76. The number of hydrogen-bond acceptors (Lipinski definition) is 5. The van der Waals surface area contributed by atoms with E-state index in [2.05, 4.69) is 91.0 Å². The summed E-state index contributed by atoms with van der Waals surface area (Å²) >= 11 is 0. The van der Waals surface area contributed by atoms with Crippen LogP contribution in [0, 0.1) is 0 Å². The van der Waals surface area contributed by atoms with Gasteiger partial charge in [-0.3, -0.25) is 0 Å². The molecular weight excluding hydrogens is 615 g/mol. The zero-order valence-electron chi connectivity index (χ0n) is 26.7. The molecule has 3 aromatic heterocycles. The van der Waals surface area contributed by atoms with Crippen molar-refractivity contribution >= 4 is 43.9 Å². The van der Waals surface area contributed by atoms with E-state index in [1.54, 1.807) is 0 Å². The van der Waals surface area contributed by atoms with E-state index in [-0.39, 0.29) is 0 Å². The molecule has 0 N–H and O–H groups in total. The van der Waals surface area contributed by atoms with Crippen LogP contribution in [-0.4, -0.2) is 15.0 Å². The normalized spacial score (nSPS) is 11.6. The molecule has 234 valence electrons. The first-order valence-corrected chi connectivity index (χ1v) is 16.6. The Morgan fingerprint density at radius 3 is 1.46 bits per heavy atom. The molecule has 0 radical (unpaired) electrons. The molecule has 0 unspecified atom stereocenters. The lowest BCUT2D eigenvalue weighted by molar-refractivity contribution is 0.669. The number of rotatable bonds is 5. The van der Waals surface area contributed by atoms with Gasteiger partial charge in [-0.05, 0) is 53.1 Å². The number of hydrogen-bond donors (Lipinski definition) is 0. The van der Waals surface area contributed by atoms with Crippen molar-refractivity contribution in [3.63, 3.8) is 0 Å². The van der Waals surface area contributed by atoms with Crippen LogP contribution in [0.1, 0.15) is 0 Å². The number of aromatic nitrogens is 3. The van der Waals surface area contributed by atoms with Crippen molar-refractivity contribution in [3.8, 4) is 56.4 Å². The van der Waals surface area contributed by atoms with E-state index in [1.165, 1.54) is 0 Å². The summed E-state index contributed by atoms with van der Waals surface area (Å²) in [5.41, 5.74) is 10.5. The van der Waals surface area contributed by atoms with Crippen LogP contribution in [-0.2, 0) is 0 Å². The third-order valence-electron chi connectivity index (χ3n) is 9.35. The Hall–Kier alpha value is -6.85. The summed E-state index contributed by atoms with van der Waals surface area (Å²) in [6.45, 7) is 0. The van der Waals surface area contributed by atoms with Crippen LogP contribution in [0.3, 0.4) is 0 Å². The van der Waals surface area contributed by atoms with Crippen LogP contribution in [0.4, 0.5) is 0 Å². The zero-order valence-corrected chi connectivity index (χ0v) is 26.7. The first-order valence-electron chi connectivity index (χ1n) is 16.6. The van der Waals surface area contributed by atoms with Gasteiger partial charge in [0.2, 0.25) is 0 Å². The average molecular weight is 642 g/mol. The van der Waals surface area contributed by atoms with E-state index in [4.69, 9.17) is 23.8 Å². The van der Waals surface area contributed by atoms with Gasteiger partial charge in [-0.2, -0.15) is 0 Å². The minimum atomic E-state index is 0.594. The van der Waals surface area contributed by atoms with E-state index in [1.807, 2.05) is 72.8 Å². The van der Waals surface area contributed by atoms with E-state index >= 15 is 0 Å². The Morgan fingerprint density at radius 1 is 0.300 bits per heavy atom. The topological polar surface area (TPSA) is 65.0 Å². The standard InChI is InChI=1S/C45H27N3O2/c1-4-11-28(12-5-1)34-17-10-18-37-38-25-31(21-24-39(38)50-42(34)37)32-19-22-35-36-23-20-33(27-41(36)49-40(35)26-32)45-47-43(29-13-6-2-7-14-29)46-44(48-45)30-15-8-3-9-16-30/h1-27H. The first kappa shape index (κ1) is 28.2. The van der Waals surface area contributed by atoms with E-state index in [0.29, 0.717) is 17.5 Å². The molecule has 0 amide bonds. The van der Waals surface area contributed by atoms with Gasteiger partial charge in [-0.15, -0.1) is 0 Å². The molecule has 0 saturated carbocycles. The molecular formula is C45H27N3O2. The third-order valence-corrected chi connectivity index (χ3v) is 9.35. The largest absolute Gasteiger partial charge is 0.456 e. The Morgan fingerprint density at radius 2 is 0.820 bits per heavy atom. The molecule has 0 aliphatic heterocycles. The highest BCUT2D eigenvalue weighted by molar-refractivity contribution is 6.11. The minimum absolute atomic E-state index is 0.594. The zero-order chi connectivity index (χ0) is 33.0. The van der Waals surface area contributed by atoms with Crippen molar-refractivity contribution < 1.29 is 8.83 Å². The number of nitrogens with zero attached hydrogens (tertiary/aromatic N) is 3. The predicted molar refractivity (Wildman–Crippen MR) is 202 cm³/mol. The Labute approximate surface area is 287 Å². The van der Waals surface area contributed by atoms with Crippen molar-refractivity contribution in [2.75, 3.05) is 0 Å². The number of para-hydroxylation sites is 1. The van der Waals surface area contributed by atoms with E-state index in [9.17, 15) is 0 Å². The van der Waals surface area contributed by atoms with Crippen molar-refractivity contribution in [1.29, 1.82) is 0 Å². The van der Waals surface area contributed by atoms with Gasteiger partial charge >= 0.3 is 0 Å². The van der Waals surface area contributed by atoms with Crippen LogP contribution in [0.15, 0.2) is 173 Å². The van der Waals surface area contributed by atoms with Crippen LogP contribution >= 0.6 is 0 Å². The molecule has 0 aliphatic rings. The second-order valence-electron chi connectivity index (χ2n) is 12.4. The fourth-order valence-electron chi connectivity index (χ4n) is 6.86. The lowest BCUT2D eigenvalue weighted by Crippen LogP contribution is -2.00. The summed E-state index contributed by atoms with van der Waals surface area (Å²) in [4.78, 5) is 14.6. The van der Waals surface area contributed by atoms with Crippen molar-refractivity contribution in [2.45, 2.75) is 0 Å². The maximum atomic E-state index is 6.52. The van der Waals surface area contributed by atoms with E-state index < -0.39 is 0 Å². The summed E-state index contributed by atoms with van der Waals surface area (Å²) in [7, 11) is 0. The molecule has 3 heterocycles. The SMILES string of the molecule is c1ccc(-c2nc(-c3ccccc3)nc(-c3ccc4c(c3)oc3cc(-c5ccc6oc7c(-c8ccccc8)cccc7c6c5)ccc34)n2)cc1. The van der Waals surface area contributed by atoms with Crippen LogP contribution in [0.25, 0.3) is 100 Å². The molecule has 5 nitrogen and oxygen atoms in total. The van der Waals surface area contributed by atoms with Crippen LogP contribution in [0.5, 0.6) is 0 Å². The Balaban J connectivity index is 1.05. The Bertz CT molecular complexity index is 2800. The molecule has 0 spiro atoms. The lowest BCUT2D eigenvalue weighted by Gasteiger charge is -2.08. The number of benzene rings is 7. The fraction of sp³-hybridized carbons (Fsp3) is 0. The van der Waals surface area contributed by atoms with Gasteiger partial charge in [0.25, 0.3) is 0 Å². The summed E-state index contributed by atoms with van der Waals surface area (Å²) < 4.78 is 12.9. The third kappa shape index (κ3) is 4.75. The molecule has 10 rings (SSSR count). The highest BCUT2D eigenvalue weighted by Gasteiger charge is 2.16. The number of fused-ring (bicyclic) bond motifs is 6. The lowest BCUT2D eigenvalue weighted by atomic mass is 9.99. The predicted octanol–water partition coefficient (Wildman–Crippen LogP) is 12.0. The van der Waals surface area contributed by atoms with Crippen molar-refractivity contribution in [2.24, 2.45) is 0 Å². The monoisotopic (exact) mass is 641 g/mol. The molecule has 0 bridgehead atoms. The Kier molecular flexibility index (Phi) is 6.42. The van der Waals surface area contributed by atoms with Gasteiger partial charge in [0, 0.05) is 43.8 Å². The summed E-state index contributed by atoms with van der Waals surface area (Å²) in [6.07, 6.45) is 0. The summed E-state index contributed by atoms with van der Waals surface area (Å²) in [5.74, 6) is 1.85. The highest BCUT2D eigenvalue weighted by Crippen LogP contribution is 2.39. The molecule has 5 heteroatoms. The fourth-order valence-corrected chi connectivity index (χ4v) is 6.86. The van der Waals surface area contributed by atoms with Gasteiger partial charge in [0.1, 0.15) is 22.3 Å². The first-order chi connectivity index (χ1) is 24.7. The molecule has 0 aliphatic carbocycles. The van der Waals surface area contributed by atoms with Crippen LogP contribution in [0.2, 0.25) is 0 Å². The second kappa shape index (κ2) is 11.4. The molecule has 10 aromatic rings. The van der Waals surface area contributed by atoms with Gasteiger partial charge in [-0.25, -0.2) is 15.0 Å². The van der Waals surface area contributed by atoms with Gasteiger partial charge in [-0.1, -0.05) is 127 Å². The van der Waals surface area contributed by atoms with E-state index in [0.717, 1.165) is 82.8 Å². The number of furan rings is 2. The molecule has 0 fully saturated rings. The summed E-state index contributed by atoms with van der Waals surface area (Å²) in [6, 6.07) is 55.8. The molecule has 0 atom stereocenters. The molecule has 7 aromatic carbocycles. The van der Waals surface area contributed by atoms with Crippen molar-refractivity contribution in [3.05, 3.63) is 164 Å². The van der Waals surface area contributed by atoms with Gasteiger partial charge in [0.15, 0.2) is 17.5 Å². The summed E-state index contributed by atoms with van der Waals surface area (Å²) in [5, 5.41) is 4.29. The smallest absolute Gasteiger partial charge is 0.164 e. The maximum absolute atomic E-state index is 6.52. The van der Waals surface area contributed by atoms with Crippen molar-refractivity contribution in [1.82, 2.24) is 15.0 Å². The second-order valence-corrected chi connectivity index (χ2v) is 12.4. The van der Waals surface area contributed by atoms with Gasteiger partial charge < -0.3 is 8.83 Å². The quantitative estimate of drug-likeness (QED) is 0.187. The maximum Gasteiger partial charge on any atom is 0.164 e. The molecule has 50 heavy (non-hydrogen) atoms. The van der Waals surface area contributed by atoms with Crippen LogP contribution < -0.4 is 0 Å². The molecule has 0 saturated heterocycles.